The first-order valence-electron chi connectivity index (χ1n) is 7.92. The Morgan fingerprint density at radius 2 is 0.833 bits per heavy atom. The van der Waals surface area contributed by atoms with Crippen LogP contribution in [-0.2, 0) is 31.8 Å². The molecule has 0 aliphatic rings. The van der Waals surface area contributed by atoms with E-state index in [1.165, 1.54) is 11.1 Å². The average Bonchev–Trinajstić information content (AvgIpc) is 2.66. The predicted molar refractivity (Wildman–Crippen MR) is 95.9 cm³/mol. The molecule has 24 heavy (non-hydrogen) atoms. The summed E-state index contributed by atoms with van der Waals surface area (Å²) < 4.78 is 20.3. The molecule has 0 radical (unpaired) electrons. The summed E-state index contributed by atoms with van der Waals surface area (Å²) >= 11 is 0. The van der Waals surface area contributed by atoms with E-state index in [-0.39, 0.29) is 12.6 Å². The second kappa shape index (κ2) is 12.7. The van der Waals surface area contributed by atoms with Gasteiger partial charge in [-0.3, -0.25) is 0 Å². The van der Waals surface area contributed by atoms with Gasteiger partial charge in [0.25, 0.3) is 0 Å². The Bertz CT molecular complexity index is 458. The number of hydrogen-bond acceptors (Lipinski definition) is 4. The number of benzene rings is 2. The molecule has 0 N–H and O–H groups in total. The SMILES string of the molecule is COC(Cc1ccccc1)OC.COC(Cc1ccccc1)OC. The first-order chi connectivity index (χ1) is 11.7. The molecule has 0 unspecified atom stereocenters. The van der Waals surface area contributed by atoms with Gasteiger partial charge in [-0.15, -0.1) is 0 Å². The molecule has 0 atom stereocenters. The molecule has 0 spiro atoms. The van der Waals surface area contributed by atoms with Crippen LogP contribution in [0, 0.1) is 0 Å². The summed E-state index contributed by atoms with van der Waals surface area (Å²) in [4.78, 5) is 0. The first kappa shape index (κ1) is 20.3. The van der Waals surface area contributed by atoms with Crippen LogP contribution in [0.2, 0.25) is 0 Å². The maximum Gasteiger partial charge on any atom is 0.160 e. The second-order valence-electron chi connectivity index (χ2n) is 5.18. The van der Waals surface area contributed by atoms with Crippen molar-refractivity contribution in [2.45, 2.75) is 25.4 Å². The summed E-state index contributed by atoms with van der Waals surface area (Å²) in [6, 6.07) is 20.3. The highest BCUT2D eigenvalue weighted by Crippen LogP contribution is 2.06. The van der Waals surface area contributed by atoms with E-state index in [9.17, 15) is 0 Å². The van der Waals surface area contributed by atoms with Gasteiger partial charge in [0.2, 0.25) is 0 Å². The monoisotopic (exact) mass is 332 g/mol. The minimum absolute atomic E-state index is 0.132. The fraction of sp³-hybridized carbons (Fsp3) is 0.400. The number of rotatable bonds is 8. The van der Waals surface area contributed by atoms with Crippen LogP contribution in [0.5, 0.6) is 0 Å². The molecule has 0 fully saturated rings. The van der Waals surface area contributed by atoms with Crippen LogP contribution in [0.4, 0.5) is 0 Å². The van der Waals surface area contributed by atoms with E-state index in [4.69, 9.17) is 18.9 Å². The van der Waals surface area contributed by atoms with Gasteiger partial charge >= 0.3 is 0 Å². The zero-order valence-electron chi connectivity index (χ0n) is 15.0. The Hall–Kier alpha value is -1.72. The third-order valence-electron chi connectivity index (χ3n) is 3.54. The van der Waals surface area contributed by atoms with Crippen molar-refractivity contribution in [3.05, 3.63) is 71.8 Å². The van der Waals surface area contributed by atoms with Crippen molar-refractivity contribution in [3.63, 3.8) is 0 Å². The second-order valence-corrected chi connectivity index (χ2v) is 5.18. The quantitative estimate of drug-likeness (QED) is 0.691. The maximum atomic E-state index is 5.08. The molecule has 4 nitrogen and oxygen atoms in total. The largest absolute Gasteiger partial charge is 0.356 e. The van der Waals surface area contributed by atoms with Crippen LogP contribution in [-0.4, -0.2) is 41.0 Å². The van der Waals surface area contributed by atoms with E-state index in [1.807, 2.05) is 36.4 Å². The van der Waals surface area contributed by atoms with Crippen LogP contribution in [0.15, 0.2) is 60.7 Å². The fourth-order valence-corrected chi connectivity index (χ4v) is 2.14. The molecular formula is C20H28O4. The molecule has 2 rings (SSSR count). The van der Waals surface area contributed by atoms with Crippen LogP contribution >= 0.6 is 0 Å². The van der Waals surface area contributed by atoms with Crippen molar-refractivity contribution < 1.29 is 18.9 Å². The zero-order chi connectivity index (χ0) is 17.6. The first-order valence-corrected chi connectivity index (χ1v) is 7.92. The van der Waals surface area contributed by atoms with E-state index < -0.39 is 0 Å². The molecular weight excluding hydrogens is 304 g/mol. The molecule has 0 bridgehead atoms. The molecule has 2 aromatic carbocycles. The maximum absolute atomic E-state index is 5.08. The Morgan fingerprint density at radius 1 is 0.542 bits per heavy atom. The van der Waals surface area contributed by atoms with Crippen LogP contribution < -0.4 is 0 Å². The topological polar surface area (TPSA) is 36.9 Å². The van der Waals surface area contributed by atoms with Crippen molar-refractivity contribution >= 4 is 0 Å². The van der Waals surface area contributed by atoms with Gasteiger partial charge in [0.1, 0.15) is 0 Å². The van der Waals surface area contributed by atoms with Gasteiger partial charge in [-0.1, -0.05) is 60.7 Å². The highest BCUT2D eigenvalue weighted by molar-refractivity contribution is 5.15. The van der Waals surface area contributed by atoms with Gasteiger partial charge in [0.05, 0.1) is 0 Å². The molecule has 0 aliphatic carbocycles. The van der Waals surface area contributed by atoms with Gasteiger partial charge in [-0.2, -0.15) is 0 Å². The number of hydrogen-bond donors (Lipinski definition) is 0. The highest BCUT2D eigenvalue weighted by Gasteiger charge is 2.05. The normalized spacial score (nSPS) is 10.6. The van der Waals surface area contributed by atoms with Gasteiger partial charge < -0.3 is 18.9 Å². The van der Waals surface area contributed by atoms with Crippen LogP contribution in [0.25, 0.3) is 0 Å². The zero-order valence-corrected chi connectivity index (χ0v) is 15.0. The van der Waals surface area contributed by atoms with Crippen molar-refractivity contribution in [1.82, 2.24) is 0 Å². The number of methoxy groups -OCH3 is 4. The van der Waals surface area contributed by atoms with Crippen molar-refractivity contribution in [3.8, 4) is 0 Å². The summed E-state index contributed by atoms with van der Waals surface area (Å²) in [5.41, 5.74) is 2.46. The smallest absolute Gasteiger partial charge is 0.160 e. The lowest BCUT2D eigenvalue weighted by Gasteiger charge is -2.12. The summed E-state index contributed by atoms with van der Waals surface area (Å²) in [6.07, 6.45) is 1.33. The van der Waals surface area contributed by atoms with E-state index in [0.717, 1.165) is 12.8 Å². The lowest BCUT2D eigenvalue weighted by Crippen LogP contribution is -2.15. The van der Waals surface area contributed by atoms with E-state index in [2.05, 4.69) is 24.3 Å². The van der Waals surface area contributed by atoms with Gasteiger partial charge in [-0.25, -0.2) is 0 Å². The fourth-order valence-electron chi connectivity index (χ4n) is 2.14. The van der Waals surface area contributed by atoms with E-state index >= 15 is 0 Å². The average molecular weight is 332 g/mol. The lowest BCUT2D eigenvalue weighted by molar-refractivity contribution is -0.100. The standard InChI is InChI=1S/2C10H14O2/c2*1-11-10(12-2)8-9-6-4-3-5-7-9/h2*3-7,10H,8H2,1-2H3. The van der Waals surface area contributed by atoms with Gasteiger partial charge in [0.15, 0.2) is 12.6 Å². The minimum Gasteiger partial charge on any atom is -0.356 e. The molecule has 0 amide bonds. The number of ether oxygens (including phenoxy) is 4. The molecule has 0 aromatic heterocycles. The van der Waals surface area contributed by atoms with Crippen molar-refractivity contribution in [1.29, 1.82) is 0 Å². The Balaban J connectivity index is 0.000000240. The van der Waals surface area contributed by atoms with Crippen molar-refractivity contribution in [2.75, 3.05) is 28.4 Å². The lowest BCUT2D eigenvalue weighted by atomic mass is 10.1. The van der Waals surface area contributed by atoms with E-state index in [1.54, 1.807) is 28.4 Å². The third-order valence-corrected chi connectivity index (χ3v) is 3.54. The molecule has 4 heteroatoms. The van der Waals surface area contributed by atoms with Crippen LogP contribution in [0.3, 0.4) is 0 Å². The Kier molecular flexibility index (Phi) is 10.7. The third kappa shape index (κ3) is 8.22. The summed E-state index contributed by atoms with van der Waals surface area (Å²) in [7, 11) is 6.60. The molecule has 132 valence electrons. The molecule has 0 heterocycles. The van der Waals surface area contributed by atoms with E-state index in [0.29, 0.717) is 0 Å². The molecule has 0 saturated carbocycles. The summed E-state index contributed by atoms with van der Waals surface area (Å²) in [5.74, 6) is 0. The highest BCUT2D eigenvalue weighted by atomic mass is 16.7. The molecule has 0 saturated heterocycles. The van der Waals surface area contributed by atoms with Crippen molar-refractivity contribution in [2.24, 2.45) is 0 Å². The minimum atomic E-state index is -0.132. The summed E-state index contributed by atoms with van der Waals surface area (Å²) in [5, 5.41) is 0. The predicted octanol–water partition coefficient (Wildman–Crippen LogP) is 3.70. The van der Waals surface area contributed by atoms with Crippen LogP contribution in [0.1, 0.15) is 11.1 Å². The van der Waals surface area contributed by atoms with Gasteiger partial charge in [0, 0.05) is 41.3 Å². The molecule has 0 aliphatic heterocycles. The van der Waals surface area contributed by atoms with Gasteiger partial charge in [-0.05, 0) is 11.1 Å². The summed E-state index contributed by atoms with van der Waals surface area (Å²) in [6.45, 7) is 0. The Morgan fingerprint density at radius 3 is 1.08 bits per heavy atom. The Labute approximate surface area is 145 Å². The molecule has 2 aromatic rings.